The number of rotatable bonds is 12. The smallest absolute Gasteiger partial charge is 0.244 e. The van der Waals surface area contributed by atoms with Crippen LogP contribution < -0.4 is 0 Å². The molecule has 0 saturated heterocycles. The van der Waals surface area contributed by atoms with Crippen LogP contribution in [0.4, 0.5) is 0 Å². The van der Waals surface area contributed by atoms with E-state index in [1.165, 1.54) is 4.31 Å². The predicted molar refractivity (Wildman–Crippen MR) is 149 cm³/mol. The number of sulfonamides is 1. The van der Waals surface area contributed by atoms with Crippen LogP contribution in [-0.4, -0.2) is 50.3 Å². The highest BCUT2D eigenvalue weighted by molar-refractivity contribution is 7.89. The topological polar surface area (TPSA) is 66.9 Å². The van der Waals surface area contributed by atoms with Crippen molar-refractivity contribution in [3.8, 4) is 0 Å². The van der Waals surface area contributed by atoms with Crippen molar-refractivity contribution < 1.29 is 17.9 Å². The second kappa shape index (κ2) is 12.5. The molecule has 3 aromatic carbocycles. The van der Waals surface area contributed by atoms with Crippen LogP contribution in [0.5, 0.6) is 0 Å². The Balaban J connectivity index is 1.65. The van der Waals surface area contributed by atoms with Gasteiger partial charge in [0.05, 0.1) is 18.0 Å². The van der Waals surface area contributed by atoms with E-state index in [0.717, 1.165) is 21.4 Å². The molecule has 4 rings (SSSR count). The molecule has 0 spiro atoms. The second-order valence-corrected chi connectivity index (χ2v) is 11.8. The zero-order chi connectivity index (χ0) is 26.3. The molecule has 0 unspecified atom stereocenters. The highest BCUT2D eigenvalue weighted by atomic mass is 32.2. The molecule has 4 aromatic rings. The Morgan fingerprint density at radius 3 is 2.38 bits per heavy atom. The maximum atomic E-state index is 13.9. The third kappa shape index (κ3) is 6.64. The van der Waals surface area contributed by atoms with Crippen LogP contribution in [-0.2, 0) is 32.6 Å². The van der Waals surface area contributed by atoms with Crippen molar-refractivity contribution in [1.82, 2.24) is 9.21 Å². The molecule has 1 amide bonds. The minimum Gasteiger partial charge on any atom is -0.385 e. The first-order chi connectivity index (χ1) is 17.9. The van der Waals surface area contributed by atoms with Crippen LogP contribution in [0, 0.1) is 6.92 Å². The first-order valence-electron chi connectivity index (χ1n) is 12.2. The van der Waals surface area contributed by atoms with Gasteiger partial charge >= 0.3 is 0 Å². The average Bonchev–Trinajstić information content (AvgIpc) is 3.32. The van der Waals surface area contributed by atoms with Gasteiger partial charge in [-0.05, 0) is 47.4 Å². The SMILES string of the molecule is COCCCN(CC(=O)N(Cc1ccccc1)Cc1sccc1C)S(=O)(=O)c1cccc2ccccc12. The van der Waals surface area contributed by atoms with Crippen LogP contribution in [0.25, 0.3) is 10.8 Å². The summed E-state index contributed by atoms with van der Waals surface area (Å²) in [7, 11) is -2.36. The minimum atomic E-state index is -3.95. The lowest BCUT2D eigenvalue weighted by Crippen LogP contribution is -2.43. The molecule has 0 aliphatic carbocycles. The zero-order valence-corrected chi connectivity index (χ0v) is 22.8. The van der Waals surface area contributed by atoms with E-state index in [4.69, 9.17) is 4.74 Å². The van der Waals surface area contributed by atoms with Gasteiger partial charge in [-0.1, -0.05) is 66.7 Å². The van der Waals surface area contributed by atoms with E-state index < -0.39 is 10.0 Å². The quantitative estimate of drug-likeness (QED) is 0.225. The lowest BCUT2D eigenvalue weighted by molar-refractivity contribution is -0.132. The second-order valence-electron chi connectivity index (χ2n) is 8.92. The fourth-order valence-corrected chi connectivity index (χ4v) is 6.82. The lowest BCUT2D eigenvalue weighted by Gasteiger charge is -2.28. The number of ether oxygens (including phenoxy) is 1. The van der Waals surface area contributed by atoms with Crippen LogP contribution in [0.15, 0.2) is 89.1 Å². The first kappa shape index (κ1) is 27.0. The fraction of sp³-hybridized carbons (Fsp3) is 0.276. The number of methoxy groups -OCH3 is 1. The molecule has 0 aliphatic rings. The van der Waals surface area contributed by atoms with Crippen LogP contribution in [0.1, 0.15) is 22.4 Å². The van der Waals surface area contributed by atoms with Gasteiger partial charge in [0.1, 0.15) is 0 Å². The number of thiophene rings is 1. The number of nitrogens with zero attached hydrogens (tertiary/aromatic N) is 2. The minimum absolute atomic E-state index is 0.183. The van der Waals surface area contributed by atoms with E-state index in [-0.39, 0.29) is 23.9 Å². The van der Waals surface area contributed by atoms with Crippen molar-refractivity contribution >= 4 is 38.0 Å². The molecule has 1 aromatic heterocycles. The number of hydrogen-bond acceptors (Lipinski definition) is 5. The monoisotopic (exact) mass is 536 g/mol. The molecule has 1 heterocycles. The van der Waals surface area contributed by atoms with Crippen molar-refractivity contribution in [2.45, 2.75) is 31.3 Å². The van der Waals surface area contributed by atoms with Crippen LogP contribution in [0.3, 0.4) is 0 Å². The van der Waals surface area contributed by atoms with Gasteiger partial charge in [0.25, 0.3) is 0 Å². The van der Waals surface area contributed by atoms with Crippen molar-refractivity contribution in [3.05, 3.63) is 100 Å². The Kier molecular flexibility index (Phi) is 9.10. The third-order valence-electron chi connectivity index (χ3n) is 6.31. The number of carbonyl (C=O) groups is 1. The molecule has 0 saturated carbocycles. The Labute approximate surface area is 223 Å². The predicted octanol–water partition coefficient (Wildman–Crippen LogP) is 5.47. The van der Waals surface area contributed by atoms with Crippen molar-refractivity contribution in [2.75, 3.05) is 26.8 Å². The summed E-state index contributed by atoms with van der Waals surface area (Å²) in [5.74, 6) is -0.238. The van der Waals surface area contributed by atoms with Gasteiger partial charge in [-0.15, -0.1) is 11.3 Å². The summed E-state index contributed by atoms with van der Waals surface area (Å²) >= 11 is 1.60. The van der Waals surface area contributed by atoms with Gasteiger partial charge < -0.3 is 9.64 Å². The molecule has 8 heteroatoms. The molecule has 0 radical (unpaired) electrons. The molecule has 0 bridgehead atoms. The number of benzene rings is 3. The van der Waals surface area contributed by atoms with E-state index in [0.29, 0.717) is 31.5 Å². The maximum absolute atomic E-state index is 13.9. The molecule has 6 nitrogen and oxygen atoms in total. The number of fused-ring (bicyclic) bond motifs is 1. The number of carbonyl (C=O) groups excluding carboxylic acids is 1. The van der Waals surface area contributed by atoms with Gasteiger partial charge in [0.15, 0.2) is 0 Å². The zero-order valence-electron chi connectivity index (χ0n) is 21.2. The highest BCUT2D eigenvalue weighted by Crippen LogP contribution is 2.26. The van der Waals surface area contributed by atoms with E-state index in [1.54, 1.807) is 41.5 Å². The lowest BCUT2D eigenvalue weighted by atomic mass is 10.1. The summed E-state index contributed by atoms with van der Waals surface area (Å²) in [5, 5.41) is 3.49. The van der Waals surface area contributed by atoms with E-state index in [1.807, 2.05) is 73.0 Å². The summed E-state index contributed by atoms with van der Waals surface area (Å²) < 4.78 is 34.4. The molecule has 194 valence electrons. The highest BCUT2D eigenvalue weighted by Gasteiger charge is 2.30. The van der Waals surface area contributed by atoms with Gasteiger partial charge in [-0.25, -0.2) is 8.42 Å². The Bertz CT molecular complexity index is 1430. The van der Waals surface area contributed by atoms with E-state index >= 15 is 0 Å². The van der Waals surface area contributed by atoms with Crippen molar-refractivity contribution in [2.24, 2.45) is 0 Å². The maximum Gasteiger partial charge on any atom is 0.244 e. The molecular weight excluding hydrogens is 504 g/mol. The van der Waals surface area contributed by atoms with Gasteiger partial charge in [0, 0.05) is 37.1 Å². The number of amides is 1. The Morgan fingerprint density at radius 1 is 0.919 bits per heavy atom. The number of hydrogen-bond donors (Lipinski definition) is 0. The average molecular weight is 537 g/mol. The van der Waals surface area contributed by atoms with E-state index in [9.17, 15) is 13.2 Å². The Morgan fingerprint density at radius 2 is 1.65 bits per heavy atom. The van der Waals surface area contributed by atoms with E-state index in [2.05, 4.69) is 0 Å². The van der Waals surface area contributed by atoms with Gasteiger partial charge in [0.2, 0.25) is 15.9 Å². The van der Waals surface area contributed by atoms with Gasteiger partial charge in [-0.3, -0.25) is 4.79 Å². The molecule has 0 atom stereocenters. The summed E-state index contributed by atoms with van der Waals surface area (Å²) in [5.41, 5.74) is 2.11. The molecule has 0 aliphatic heterocycles. The van der Waals surface area contributed by atoms with Gasteiger partial charge in [-0.2, -0.15) is 4.31 Å². The number of aryl methyl sites for hydroxylation is 1. The Hall–Kier alpha value is -3.04. The molecular formula is C29H32N2O4S2. The summed E-state index contributed by atoms with van der Waals surface area (Å²) in [6.07, 6.45) is 0.483. The van der Waals surface area contributed by atoms with Crippen LogP contribution >= 0.6 is 11.3 Å². The molecule has 37 heavy (non-hydrogen) atoms. The van der Waals surface area contributed by atoms with Crippen molar-refractivity contribution in [3.63, 3.8) is 0 Å². The molecule has 0 fully saturated rings. The summed E-state index contributed by atoms with van der Waals surface area (Å²) in [4.78, 5) is 16.8. The summed E-state index contributed by atoms with van der Waals surface area (Å²) in [6, 6.07) is 24.5. The molecule has 0 N–H and O–H groups in total. The third-order valence-corrected chi connectivity index (χ3v) is 9.22. The summed E-state index contributed by atoms with van der Waals surface area (Å²) in [6.45, 7) is 3.19. The largest absolute Gasteiger partial charge is 0.385 e. The standard InChI is InChI=1S/C29H32N2O4S2/c1-23-16-19-36-27(23)21-30(20-24-10-4-3-5-11-24)29(32)22-31(17-9-18-35-2)37(33,34)28-15-8-13-25-12-6-7-14-26(25)28/h3-8,10-16,19H,9,17-18,20-22H2,1-2H3. The first-order valence-corrected chi connectivity index (χ1v) is 14.5. The van der Waals surface area contributed by atoms with Crippen LogP contribution in [0.2, 0.25) is 0 Å². The fourth-order valence-electron chi connectivity index (χ4n) is 4.26. The van der Waals surface area contributed by atoms with Crippen molar-refractivity contribution in [1.29, 1.82) is 0 Å². The normalized spacial score (nSPS) is 11.8.